The van der Waals surface area contributed by atoms with Crippen molar-refractivity contribution >= 4 is 37.8 Å². The molecule has 0 atom stereocenters. The molecule has 2 aromatic carbocycles. The van der Waals surface area contributed by atoms with Gasteiger partial charge in [-0.2, -0.15) is 0 Å². The van der Waals surface area contributed by atoms with Crippen LogP contribution in [0.1, 0.15) is 28.5 Å². The summed E-state index contributed by atoms with van der Waals surface area (Å²) in [5.41, 5.74) is 1.90. The monoisotopic (exact) mass is 454 g/mol. The van der Waals surface area contributed by atoms with Crippen molar-refractivity contribution in [3.63, 3.8) is 0 Å². The third-order valence-corrected chi connectivity index (χ3v) is 7.23. The predicted octanol–water partition coefficient (Wildman–Crippen LogP) is 4.01. The van der Waals surface area contributed by atoms with Crippen LogP contribution in [0, 0.1) is 6.92 Å². The van der Waals surface area contributed by atoms with E-state index in [4.69, 9.17) is 9.47 Å². The first-order chi connectivity index (χ1) is 15.2. The van der Waals surface area contributed by atoms with Gasteiger partial charge in [-0.15, -0.1) is 0 Å². The zero-order chi connectivity index (χ0) is 23.2. The molecule has 0 unspecified atom stereocenters. The van der Waals surface area contributed by atoms with Crippen molar-refractivity contribution in [3.8, 4) is 11.5 Å². The maximum atomic E-state index is 13.8. The van der Waals surface area contributed by atoms with Crippen molar-refractivity contribution in [1.82, 2.24) is 8.96 Å². The highest BCUT2D eigenvalue weighted by atomic mass is 32.2. The lowest BCUT2D eigenvalue weighted by molar-refractivity contribution is 0.0689. The highest BCUT2D eigenvalue weighted by Crippen LogP contribution is 2.41. The van der Waals surface area contributed by atoms with Crippen LogP contribution in [0.2, 0.25) is 0 Å². The molecule has 0 fully saturated rings. The molecule has 9 heteroatoms. The summed E-state index contributed by atoms with van der Waals surface area (Å²) >= 11 is 0. The van der Waals surface area contributed by atoms with Crippen LogP contribution in [0.5, 0.6) is 11.5 Å². The third kappa shape index (κ3) is 3.16. The van der Waals surface area contributed by atoms with Gasteiger partial charge in [0, 0.05) is 16.8 Å². The quantitative estimate of drug-likeness (QED) is 0.469. The Hall–Kier alpha value is -3.59. The number of fused-ring (bicyclic) bond motifs is 3. The van der Waals surface area contributed by atoms with E-state index in [0.29, 0.717) is 39.8 Å². The minimum atomic E-state index is -4.04. The standard InChI is InChI=1S/C23H22N2O6S/c1-5-15-21-16-10-19(30-3)20(31-4)11-17(16)25(18(21)12-24-22(15)23(26)27)32(28,29)14-8-6-13(2)7-9-14/h6-12H,5H2,1-4H3,(H,26,27). The third-order valence-electron chi connectivity index (χ3n) is 5.48. The summed E-state index contributed by atoms with van der Waals surface area (Å²) in [6, 6.07) is 9.79. The first-order valence-electron chi connectivity index (χ1n) is 9.88. The molecule has 2 heterocycles. The molecular formula is C23H22N2O6S. The van der Waals surface area contributed by atoms with E-state index in [1.807, 2.05) is 6.92 Å². The molecule has 0 aliphatic heterocycles. The second-order valence-electron chi connectivity index (χ2n) is 7.31. The van der Waals surface area contributed by atoms with Crippen molar-refractivity contribution < 1.29 is 27.8 Å². The average Bonchev–Trinajstić information content (AvgIpc) is 3.11. The number of aryl methyl sites for hydroxylation is 2. The van der Waals surface area contributed by atoms with Crippen molar-refractivity contribution in [2.24, 2.45) is 0 Å². The molecule has 166 valence electrons. The highest BCUT2D eigenvalue weighted by molar-refractivity contribution is 7.90. The van der Waals surface area contributed by atoms with Crippen LogP contribution >= 0.6 is 0 Å². The van der Waals surface area contributed by atoms with Crippen LogP contribution in [0.3, 0.4) is 0 Å². The van der Waals surface area contributed by atoms with Gasteiger partial charge in [0.25, 0.3) is 10.0 Å². The van der Waals surface area contributed by atoms with Crippen molar-refractivity contribution in [2.45, 2.75) is 25.2 Å². The maximum absolute atomic E-state index is 13.8. The molecule has 0 saturated heterocycles. The van der Waals surface area contributed by atoms with Gasteiger partial charge in [0.2, 0.25) is 0 Å². The fourth-order valence-electron chi connectivity index (χ4n) is 3.97. The lowest BCUT2D eigenvalue weighted by Crippen LogP contribution is -2.13. The molecule has 0 amide bonds. The Morgan fingerprint density at radius 1 is 1.06 bits per heavy atom. The first-order valence-corrected chi connectivity index (χ1v) is 11.3. The Morgan fingerprint density at radius 2 is 1.69 bits per heavy atom. The van der Waals surface area contributed by atoms with Gasteiger partial charge in [0.05, 0.1) is 36.3 Å². The minimum absolute atomic E-state index is 0.108. The fraction of sp³-hybridized carbons (Fsp3) is 0.217. The Morgan fingerprint density at radius 3 is 2.25 bits per heavy atom. The van der Waals surface area contributed by atoms with E-state index in [1.165, 1.54) is 24.4 Å². The van der Waals surface area contributed by atoms with Gasteiger partial charge in [-0.3, -0.25) is 0 Å². The Labute approximate surface area is 185 Å². The average molecular weight is 455 g/mol. The summed E-state index contributed by atoms with van der Waals surface area (Å²) in [7, 11) is -1.09. The van der Waals surface area contributed by atoms with Gasteiger partial charge in [0.15, 0.2) is 17.2 Å². The summed E-state index contributed by atoms with van der Waals surface area (Å²) in [5, 5.41) is 10.7. The number of carboxylic acids is 1. The molecule has 4 rings (SSSR count). The van der Waals surface area contributed by atoms with Crippen LogP contribution in [-0.2, 0) is 16.4 Å². The second-order valence-corrected chi connectivity index (χ2v) is 9.10. The van der Waals surface area contributed by atoms with E-state index in [2.05, 4.69) is 4.98 Å². The van der Waals surface area contributed by atoms with Gasteiger partial charge in [0.1, 0.15) is 0 Å². The number of hydrogen-bond donors (Lipinski definition) is 1. The SMILES string of the molecule is CCc1c(C(=O)O)ncc2c1c1cc(OC)c(OC)cc1n2S(=O)(=O)c1ccc(C)cc1. The number of carbonyl (C=O) groups is 1. The number of aromatic carboxylic acids is 1. The maximum Gasteiger partial charge on any atom is 0.354 e. The minimum Gasteiger partial charge on any atom is -0.493 e. The number of aromatic nitrogens is 2. The van der Waals surface area contributed by atoms with E-state index < -0.39 is 16.0 Å². The Bertz CT molecular complexity index is 1470. The van der Waals surface area contributed by atoms with Crippen LogP contribution in [0.25, 0.3) is 21.8 Å². The number of nitrogens with zero attached hydrogens (tertiary/aromatic N) is 2. The molecule has 4 aromatic rings. The van der Waals surface area contributed by atoms with Crippen LogP contribution < -0.4 is 9.47 Å². The summed E-state index contributed by atoms with van der Waals surface area (Å²) in [5.74, 6) is -0.415. The topological polar surface area (TPSA) is 108 Å². The van der Waals surface area contributed by atoms with E-state index in [0.717, 1.165) is 5.56 Å². The van der Waals surface area contributed by atoms with Crippen molar-refractivity contribution in [1.29, 1.82) is 0 Å². The highest BCUT2D eigenvalue weighted by Gasteiger charge is 2.28. The molecular weight excluding hydrogens is 432 g/mol. The number of pyridine rings is 1. The lowest BCUT2D eigenvalue weighted by Gasteiger charge is -2.11. The van der Waals surface area contributed by atoms with Gasteiger partial charge in [-0.25, -0.2) is 22.2 Å². The lowest BCUT2D eigenvalue weighted by atomic mass is 10.0. The van der Waals surface area contributed by atoms with E-state index in [1.54, 1.807) is 43.3 Å². The molecule has 0 saturated carbocycles. The number of carboxylic acid groups (broad SMARTS) is 1. The predicted molar refractivity (Wildman–Crippen MR) is 120 cm³/mol. The van der Waals surface area contributed by atoms with E-state index >= 15 is 0 Å². The normalized spacial score (nSPS) is 11.8. The first kappa shape index (κ1) is 21.6. The molecule has 8 nitrogen and oxygen atoms in total. The van der Waals surface area contributed by atoms with Gasteiger partial charge < -0.3 is 14.6 Å². The number of benzene rings is 2. The number of methoxy groups -OCH3 is 2. The molecule has 0 aliphatic carbocycles. The van der Waals surface area contributed by atoms with Crippen LogP contribution in [0.4, 0.5) is 0 Å². The van der Waals surface area contributed by atoms with Crippen molar-refractivity contribution in [3.05, 3.63) is 59.4 Å². The number of hydrogen-bond acceptors (Lipinski definition) is 6. The van der Waals surface area contributed by atoms with Crippen LogP contribution in [0.15, 0.2) is 47.5 Å². The molecule has 2 aromatic heterocycles. The zero-order valence-corrected chi connectivity index (χ0v) is 18.9. The largest absolute Gasteiger partial charge is 0.493 e. The molecule has 32 heavy (non-hydrogen) atoms. The Balaban J connectivity index is 2.23. The molecule has 0 aliphatic rings. The van der Waals surface area contributed by atoms with E-state index in [-0.39, 0.29) is 16.1 Å². The number of rotatable bonds is 6. The zero-order valence-electron chi connectivity index (χ0n) is 18.0. The van der Waals surface area contributed by atoms with Crippen molar-refractivity contribution in [2.75, 3.05) is 14.2 Å². The fourth-order valence-corrected chi connectivity index (χ4v) is 5.46. The second kappa shape index (κ2) is 7.83. The summed E-state index contributed by atoms with van der Waals surface area (Å²) in [4.78, 5) is 16.0. The summed E-state index contributed by atoms with van der Waals surface area (Å²) in [6.07, 6.45) is 1.65. The smallest absolute Gasteiger partial charge is 0.354 e. The Kier molecular flexibility index (Phi) is 5.29. The number of ether oxygens (including phenoxy) is 2. The molecule has 1 N–H and O–H groups in total. The molecule has 0 bridgehead atoms. The van der Waals surface area contributed by atoms with Gasteiger partial charge >= 0.3 is 5.97 Å². The molecule has 0 spiro atoms. The molecule has 0 radical (unpaired) electrons. The van der Waals surface area contributed by atoms with Crippen LogP contribution in [-0.4, -0.2) is 42.7 Å². The summed E-state index contributed by atoms with van der Waals surface area (Å²) in [6.45, 7) is 3.68. The van der Waals surface area contributed by atoms with E-state index in [9.17, 15) is 18.3 Å². The van der Waals surface area contributed by atoms with Gasteiger partial charge in [-0.05, 0) is 37.1 Å². The van der Waals surface area contributed by atoms with Gasteiger partial charge in [-0.1, -0.05) is 24.6 Å². The summed E-state index contributed by atoms with van der Waals surface area (Å²) < 4.78 is 39.5.